The topological polar surface area (TPSA) is 313 Å². The van der Waals surface area contributed by atoms with Crippen LogP contribution in [0.25, 0.3) is 0 Å². The Balaban J connectivity index is 0.000000150. The highest BCUT2D eigenvalue weighted by Gasteiger charge is 2.71. The van der Waals surface area contributed by atoms with Crippen molar-refractivity contribution in [3.63, 3.8) is 0 Å². The molecule has 1 aliphatic carbocycles. The number of piperidine rings is 6. The molecule has 6 saturated heterocycles. The third kappa shape index (κ3) is 28.6. The van der Waals surface area contributed by atoms with Crippen molar-refractivity contribution in [2.24, 2.45) is 17.8 Å². The van der Waals surface area contributed by atoms with Crippen molar-refractivity contribution in [3.8, 4) is 0 Å². The number of likely N-dealkylation sites (tertiary alicyclic amines) is 6. The number of aryl methyl sites for hydroxylation is 1. The van der Waals surface area contributed by atoms with E-state index < -0.39 is 48.8 Å². The molecule has 7 fully saturated rings. The van der Waals surface area contributed by atoms with Gasteiger partial charge in [-0.15, -0.1) is 0 Å². The van der Waals surface area contributed by atoms with Crippen molar-refractivity contribution in [1.29, 1.82) is 0 Å². The zero-order valence-corrected chi connectivity index (χ0v) is 79.0. The van der Waals surface area contributed by atoms with Gasteiger partial charge in [0.15, 0.2) is 25.6 Å². The molecule has 0 radical (unpaired) electrons. The summed E-state index contributed by atoms with van der Waals surface area (Å²) in [6, 6.07) is 42.2. The zero-order valence-electron chi connectivity index (χ0n) is 73.2. The molecule has 16 rings (SSSR count). The van der Waals surface area contributed by atoms with Gasteiger partial charge in [0.25, 0.3) is 29.6 Å². The summed E-state index contributed by atoms with van der Waals surface area (Å²) >= 11 is 33.1. The molecule has 37 heteroatoms. The molecule has 7 N–H and O–H groups in total. The highest BCUT2D eigenvalue weighted by atomic mass is 35.5. The van der Waals surface area contributed by atoms with Crippen LogP contribution in [0, 0.1) is 29.4 Å². The fourth-order valence-electron chi connectivity index (χ4n) is 17.3. The molecule has 0 spiro atoms. The molecule has 9 aromatic rings. The van der Waals surface area contributed by atoms with E-state index in [1.165, 1.54) is 66.2 Å². The SMILES string of the molecule is COCCCc1ccc(C(=O)NC(=S)N2CCCCC2c2cccnc2)cc1.O=C(CN1CC2C(C1)C2(F)F)NC(=S)N1CCCCC1c1cccnc1.O=C(NC(=S)N1CCCCC1c1cccnc1)c1ccc(Cl)c(F)c1.O=C(NC(=S)N1CCCCC1c1cccnc1)c1ccc(P(=O)(O)O)cc1.O=CCC1CCC(c2cccnc2)N(C(=S)NC(=O)c2ccc(F)cc2)C1. The number of rotatable bonds is 18. The quantitative estimate of drug-likeness (QED) is 0.0138. The molecule has 7 aliphatic rings. The summed E-state index contributed by atoms with van der Waals surface area (Å²) in [6.45, 7) is 5.17. The number of methoxy groups -OCH3 is 1. The number of nitrogens with zero attached hydrogens (tertiary/aromatic N) is 11. The van der Waals surface area contributed by atoms with Crippen molar-refractivity contribution >= 4 is 147 Å². The first-order chi connectivity index (χ1) is 64.1. The van der Waals surface area contributed by atoms with Gasteiger partial charge in [0.1, 0.15) is 17.9 Å². The number of aldehydes is 1. The number of halogens is 5. The van der Waals surface area contributed by atoms with Gasteiger partial charge in [0.2, 0.25) is 5.91 Å². The molecule has 133 heavy (non-hydrogen) atoms. The van der Waals surface area contributed by atoms with Gasteiger partial charge in [-0.25, -0.2) is 17.6 Å². The Morgan fingerprint density at radius 2 is 0.827 bits per heavy atom. The second kappa shape index (κ2) is 49.4. The summed E-state index contributed by atoms with van der Waals surface area (Å²) in [5.41, 5.74) is 7.97. The van der Waals surface area contributed by atoms with Crippen LogP contribution in [0.4, 0.5) is 17.6 Å². The van der Waals surface area contributed by atoms with Gasteiger partial charge in [0.05, 0.1) is 47.1 Å². The molecule has 5 aromatic heterocycles. The number of hydrogen-bond donors (Lipinski definition) is 7. The molecule has 700 valence electrons. The average molecular weight is 1950 g/mol. The summed E-state index contributed by atoms with van der Waals surface area (Å²) in [4.78, 5) is 124. The Labute approximate surface area is 802 Å². The fraction of sp³-hybridized carbons (Fsp3) is 0.375. The van der Waals surface area contributed by atoms with E-state index >= 15 is 0 Å². The Morgan fingerprint density at radius 1 is 0.474 bits per heavy atom. The van der Waals surface area contributed by atoms with Crippen LogP contribution in [0.15, 0.2) is 214 Å². The maximum Gasteiger partial charge on any atom is 0.356 e. The van der Waals surface area contributed by atoms with Crippen LogP contribution in [0.2, 0.25) is 5.02 Å². The second-order valence-electron chi connectivity index (χ2n) is 33.3. The van der Waals surface area contributed by atoms with Gasteiger partial charge in [-0.2, -0.15) is 0 Å². The number of fused-ring (bicyclic) bond motifs is 1. The lowest BCUT2D eigenvalue weighted by Gasteiger charge is -2.41. The minimum Gasteiger partial charge on any atom is -0.385 e. The van der Waals surface area contributed by atoms with Gasteiger partial charge in [0, 0.05) is 162 Å². The molecule has 8 atom stereocenters. The molecule has 6 aliphatic heterocycles. The molecule has 5 amide bonds. The third-order valence-corrected chi connectivity index (χ3v) is 27.3. The molecule has 0 bridgehead atoms. The molecular weight excluding hydrogens is 1840 g/mol. The predicted molar refractivity (Wildman–Crippen MR) is 519 cm³/mol. The van der Waals surface area contributed by atoms with E-state index in [4.69, 9.17) is 87.2 Å². The number of hydrogen-bond acceptors (Lipinski definition) is 19. The number of nitrogens with one attached hydrogen (secondary N) is 5. The van der Waals surface area contributed by atoms with Gasteiger partial charge in [-0.3, -0.25) is 79.6 Å². The second-order valence-corrected chi connectivity index (χ2v) is 37.2. The molecule has 26 nitrogen and oxygen atoms in total. The van der Waals surface area contributed by atoms with Gasteiger partial charge >= 0.3 is 7.60 Å². The van der Waals surface area contributed by atoms with Crippen LogP contribution < -0.4 is 31.9 Å². The Bertz CT molecular complexity index is 5510. The van der Waals surface area contributed by atoms with E-state index in [-0.39, 0.29) is 81.8 Å². The normalized spacial score (nSPS) is 20.0. The largest absolute Gasteiger partial charge is 0.385 e. The average Bonchev–Trinajstić information content (AvgIpc) is 1.55. The number of amides is 5. The summed E-state index contributed by atoms with van der Waals surface area (Å²) in [7, 11) is -2.63. The van der Waals surface area contributed by atoms with Crippen molar-refractivity contribution in [2.45, 2.75) is 145 Å². The van der Waals surface area contributed by atoms with E-state index in [0.717, 1.165) is 176 Å². The summed E-state index contributed by atoms with van der Waals surface area (Å²) < 4.78 is 69.4. The van der Waals surface area contributed by atoms with Gasteiger partial charge < -0.3 is 49.1 Å². The number of pyridine rings is 5. The molecule has 8 unspecified atom stereocenters. The van der Waals surface area contributed by atoms with Crippen molar-refractivity contribution in [1.82, 2.24) is 80.9 Å². The first-order valence-electron chi connectivity index (χ1n) is 44.2. The number of carbonyl (C=O) groups is 6. The summed E-state index contributed by atoms with van der Waals surface area (Å²) in [5, 5.41) is 15.6. The number of aromatic nitrogens is 5. The number of benzene rings is 4. The minimum atomic E-state index is -4.33. The van der Waals surface area contributed by atoms with Crippen LogP contribution in [0.1, 0.15) is 208 Å². The van der Waals surface area contributed by atoms with Crippen molar-refractivity contribution < 1.29 is 65.4 Å². The van der Waals surface area contributed by atoms with E-state index in [1.54, 1.807) is 49.2 Å². The van der Waals surface area contributed by atoms with Crippen LogP contribution in [0.3, 0.4) is 0 Å². The lowest BCUT2D eigenvalue weighted by atomic mass is 9.88. The van der Waals surface area contributed by atoms with Gasteiger partial charge in [-0.05, 0) is 312 Å². The molecule has 4 aromatic carbocycles. The highest BCUT2D eigenvalue weighted by Crippen LogP contribution is 2.59. The third-order valence-electron chi connectivity index (χ3n) is 24.3. The maximum absolute atomic E-state index is 13.6. The first kappa shape index (κ1) is 101. The van der Waals surface area contributed by atoms with E-state index in [0.29, 0.717) is 62.7 Å². The maximum atomic E-state index is 13.6. The summed E-state index contributed by atoms with van der Waals surface area (Å²) in [6.07, 6.45) is 35.2. The Hall–Kier alpha value is -10.8. The first-order valence-corrected chi connectivity index (χ1v) is 48.3. The number of carbonyl (C=O) groups excluding carboxylic acids is 6. The van der Waals surface area contributed by atoms with Crippen LogP contribution in [-0.4, -0.2) is 197 Å². The Morgan fingerprint density at radius 3 is 1.19 bits per heavy atom. The lowest BCUT2D eigenvalue weighted by molar-refractivity contribution is -0.121. The van der Waals surface area contributed by atoms with Gasteiger partial charge in [-0.1, -0.05) is 54.1 Å². The van der Waals surface area contributed by atoms with Crippen LogP contribution in [0.5, 0.6) is 0 Å². The molecule has 11 heterocycles. The number of thiocarbonyl (C=S) groups is 5. The monoisotopic (exact) mass is 1940 g/mol. The van der Waals surface area contributed by atoms with E-state index in [1.807, 2.05) is 123 Å². The van der Waals surface area contributed by atoms with Crippen LogP contribution in [-0.2, 0) is 25.3 Å². The predicted octanol–water partition coefficient (Wildman–Crippen LogP) is 15.6. The van der Waals surface area contributed by atoms with E-state index in [9.17, 15) is 50.9 Å². The van der Waals surface area contributed by atoms with Crippen molar-refractivity contribution in [2.75, 3.05) is 66.1 Å². The minimum absolute atomic E-state index is 0.0115. The Kier molecular flexibility index (Phi) is 37.6. The van der Waals surface area contributed by atoms with E-state index in [2.05, 4.69) is 62.5 Å². The molecular formula is C96H106ClF4N16O10PS5. The van der Waals surface area contributed by atoms with Crippen molar-refractivity contribution in [3.05, 3.63) is 286 Å². The number of alkyl halides is 2. The molecule has 1 saturated carbocycles. The smallest absolute Gasteiger partial charge is 0.356 e. The zero-order chi connectivity index (χ0) is 94.6. The lowest BCUT2D eigenvalue weighted by Crippen LogP contribution is -2.49. The highest BCUT2D eigenvalue weighted by molar-refractivity contribution is 7.81. The number of ether oxygens (including phenoxy) is 1. The van der Waals surface area contributed by atoms with Crippen LogP contribution >= 0.6 is 80.3 Å². The summed E-state index contributed by atoms with van der Waals surface area (Å²) in [5.74, 6) is -6.14. The fourth-order valence-corrected chi connectivity index (χ4v) is 19.5. The standard InChI is InChI=1S/C22H27N3O2S.C20H20FN3O2S.C18H17ClFN3OS.C18H22F2N4OS.C18H20N3O4PS/c1-27-15-5-6-17-9-11-18(12-10-17)21(26)24-22(28)25-14-3-2-8-20(25)19-7-4-13-23-16-19;21-17-6-4-15(5-7-17)19(26)23-20(27)24-13-14(9-11-25)3-8-18(24)16-2-1-10-22-12-16;19-14-7-6-12(10-15(14)20)17(24)22-18(25)23-9-2-1-5-16(23)13-4-3-8-21-11-13;19-18(20)13-9-23(10-14(13)18)11-16(25)22-17(26)24-7-2-1-5-15(24)12-4-3-6-21-8-12;22-17(13-6-8-15(9-7-13)26(23,24)25)20-18(27)21-11-2-1-5-16(21)14-4-3-10-19-12-14/h4,7,9-13,16,20H,2-3,5-6,8,14-15H2,1H3,(H,24,26,28);1-2,4-7,10-12,14,18H,3,8-9,13H2,(H,23,26,27);3-4,6-8,10-11,16H,1-2,5,9H2,(H,22,24,25);3-4,6,8,13-15H,1-2,5,7,9-11H2,(H,22,25,26);3-4,6-10,12,16H,1-2,5,11H2,(H,20,22,27)(H2,23,24,25).